The fraction of sp³-hybridized carbons (Fsp3) is 0.500. The van der Waals surface area contributed by atoms with Crippen molar-refractivity contribution < 1.29 is 23.1 Å². The van der Waals surface area contributed by atoms with Crippen LogP contribution in [0.5, 0.6) is 5.75 Å². The van der Waals surface area contributed by atoms with E-state index in [4.69, 9.17) is 0 Å². The van der Waals surface area contributed by atoms with Gasteiger partial charge in [0.15, 0.2) is 5.78 Å². The zero-order valence-corrected chi connectivity index (χ0v) is 11.6. The molecule has 1 saturated heterocycles. The lowest BCUT2D eigenvalue weighted by Gasteiger charge is -2.32. The van der Waals surface area contributed by atoms with E-state index in [1.807, 2.05) is 4.90 Å². The van der Waals surface area contributed by atoms with Gasteiger partial charge in [-0.1, -0.05) is 0 Å². The van der Waals surface area contributed by atoms with Crippen LogP contribution in [0.2, 0.25) is 0 Å². The molecule has 1 atom stereocenters. The summed E-state index contributed by atoms with van der Waals surface area (Å²) >= 11 is 0. The Labute approximate surface area is 120 Å². The lowest BCUT2D eigenvalue weighted by molar-refractivity contribution is -0.137. The number of benzene rings is 1. The average molecular weight is 302 g/mol. The molecule has 0 spiro atoms. The summed E-state index contributed by atoms with van der Waals surface area (Å²) in [6.45, 7) is 4.39. The molecular formula is C14H17F3N2O2. The second-order valence-corrected chi connectivity index (χ2v) is 5.06. The SMILES string of the molecule is CC(C(=O)c1cc(C(F)(F)F)ccc1O)N1CCNCC1. The minimum Gasteiger partial charge on any atom is -0.507 e. The molecule has 2 N–H and O–H groups in total. The first-order valence-electron chi connectivity index (χ1n) is 6.70. The minimum absolute atomic E-state index is 0.282. The fourth-order valence-corrected chi connectivity index (χ4v) is 2.37. The molecule has 1 aromatic carbocycles. The smallest absolute Gasteiger partial charge is 0.416 e. The van der Waals surface area contributed by atoms with E-state index in [2.05, 4.69) is 5.32 Å². The number of phenols is 1. The molecule has 0 saturated carbocycles. The topological polar surface area (TPSA) is 52.6 Å². The van der Waals surface area contributed by atoms with Gasteiger partial charge in [-0.25, -0.2) is 0 Å². The number of hydrogen-bond donors (Lipinski definition) is 2. The van der Waals surface area contributed by atoms with Gasteiger partial charge in [0.2, 0.25) is 0 Å². The Balaban J connectivity index is 2.25. The quantitative estimate of drug-likeness (QED) is 0.837. The Morgan fingerprint density at radius 1 is 1.33 bits per heavy atom. The number of nitrogens with zero attached hydrogens (tertiary/aromatic N) is 1. The van der Waals surface area contributed by atoms with Crippen LogP contribution >= 0.6 is 0 Å². The molecule has 1 aliphatic heterocycles. The average Bonchev–Trinajstić information content (AvgIpc) is 2.46. The van der Waals surface area contributed by atoms with E-state index >= 15 is 0 Å². The van der Waals surface area contributed by atoms with Gasteiger partial charge < -0.3 is 10.4 Å². The number of halogens is 3. The molecule has 2 rings (SSSR count). The molecule has 0 amide bonds. The molecule has 0 bridgehead atoms. The lowest BCUT2D eigenvalue weighted by atomic mass is 10.00. The summed E-state index contributed by atoms with van der Waals surface area (Å²) in [5.74, 6) is -0.921. The van der Waals surface area contributed by atoms with E-state index in [9.17, 15) is 23.1 Å². The first-order chi connectivity index (χ1) is 9.80. The normalized spacial score (nSPS) is 18.5. The zero-order chi connectivity index (χ0) is 15.6. The number of ketones is 1. The van der Waals surface area contributed by atoms with Crippen molar-refractivity contribution in [2.24, 2.45) is 0 Å². The Kier molecular flexibility index (Phi) is 4.53. The van der Waals surface area contributed by atoms with Crippen molar-refractivity contribution in [1.29, 1.82) is 0 Å². The molecule has 0 radical (unpaired) electrons. The van der Waals surface area contributed by atoms with Gasteiger partial charge in [0.05, 0.1) is 17.2 Å². The summed E-state index contributed by atoms with van der Waals surface area (Å²) in [6, 6.07) is 1.83. The van der Waals surface area contributed by atoms with Gasteiger partial charge in [-0.2, -0.15) is 13.2 Å². The molecular weight excluding hydrogens is 285 g/mol. The number of carbonyl (C=O) groups excluding carboxylic acids is 1. The second kappa shape index (κ2) is 6.03. The molecule has 4 nitrogen and oxygen atoms in total. The molecule has 1 heterocycles. The van der Waals surface area contributed by atoms with E-state index in [-0.39, 0.29) is 5.56 Å². The van der Waals surface area contributed by atoms with Crippen molar-refractivity contribution in [1.82, 2.24) is 10.2 Å². The van der Waals surface area contributed by atoms with E-state index in [1.54, 1.807) is 6.92 Å². The van der Waals surface area contributed by atoms with Crippen molar-refractivity contribution in [3.63, 3.8) is 0 Å². The standard InChI is InChI=1S/C14H17F3N2O2/c1-9(19-6-4-18-5-7-19)13(21)11-8-10(14(15,16)17)2-3-12(11)20/h2-3,8-9,18,20H,4-7H2,1H3. The predicted octanol–water partition coefficient (Wildman–Crippen LogP) is 1.89. The van der Waals surface area contributed by atoms with Gasteiger partial charge in [0, 0.05) is 26.2 Å². The zero-order valence-electron chi connectivity index (χ0n) is 11.6. The van der Waals surface area contributed by atoms with Crippen molar-refractivity contribution in [2.75, 3.05) is 26.2 Å². The maximum Gasteiger partial charge on any atom is 0.416 e. The largest absolute Gasteiger partial charge is 0.507 e. The number of alkyl halides is 3. The Bertz CT molecular complexity index is 525. The summed E-state index contributed by atoms with van der Waals surface area (Å²) in [5, 5.41) is 12.8. The van der Waals surface area contributed by atoms with Gasteiger partial charge in [-0.05, 0) is 25.1 Å². The molecule has 21 heavy (non-hydrogen) atoms. The highest BCUT2D eigenvalue weighted by atomic mass is 19.4. The number of rotatable bonds is 3. The van der Waals surface area contributed by atoms with Gasteiger partial charge in [-0.15, -0.1) is 0 Å². The summed E-state index contributed by atoms with van der Waals surface area (Å²) in [7, 11) is 0. The molecule has 0 aliphatic carbocycles. The van der Waals surface area contributed by atoms with E-state index < -0.39 is 29.3 Å². The van der Waals surface area contributed by atoms with Crippen LogP contribution in [0.3, 0.4) is 0 Å². The monoisotopic (exact) mass is 302 g/mol. The first-order valence-corrected chi connectivity index (χ1v) is 6.70. The van der Waals surface area contributed by atoms with E-state index in [0.29, 0.717) is 13.1 Å². The summed E-state index contributed by atoms with van der Waals surface area (Å²) in [6.07, 6.45) is -4.54. The summed E-state index contributed by atoms with van der Waals surface area (Å²) in [5.41, 5.74) is -1.22. The molecule has 1 aromatic rings. The van der Waals surface area contributed by atoms with Crippen LogP contribution in [0.4, 0.5) is 13.2 Å². The molecule has 1 fully saturated rings. The van der Waals surface area contributed by atoms with Crippen molar-refractivity contribution in [3.05, 3.63) is 29.3 Å². The van der Waals surface area contributed by atoms with Crippen LogP contribution in [0.15, 0.2) is 18.2 Å². The molecule has 0 aromatic heterocycles. The lowest BCUT2D eigenvalue weighted by Crippen LogP contribution is -2.50. The first kappa shape index (κ1) is 15.8. The van der Waals surface area contributed by atoms with Crippen LogP contribution in [0.25, 0.3) is 0 Å². The Morgan fingerprint density at radius 3 is 2.52 bits per heavy atom. The summed E-state index contributed by atoms with van der Waals surface area (Å²) < 4.78 is 38.1. The third-order valence-corrected chi connectivity index (χ3v) is 3.67. The Morgan fingerprint density at radius 2 is 1.95 bits per heavy atom. The highest BCUT2D eigenvalue weighted by molar-refractivity contribution is 6.02. The highest BCUT2D eigenvalue weighted by Crippen LogP contribution is 2.32. The number of hydrogen-bond acceptors (Lipinski definition) is 4. The number of Topliss-reactive ketones (excluding diaryl/α,β-unsaturated/α-hetero) is 1. The number of piperazine rings is 1. The van der Waals surface area contributed by atoms with E-state index in [0.717, 1.165) is 31.3 Å². The van der Waals surface area contributed by atoms with Crippen molar-refractivity contribution in [2.45, 2.75) is 19.1 Å². The molecule has 1 unspecified atom stereocenters. The second-order valence-electron chi connectivity index (χ2n) is 5.06. The maximum atomic E-state index is 12.7. The van der Waals surface area contributed by atoms with Gasteiger partial charge in [-0.3, -0.25) is 9.69 Å². The van der Waals surface area contributed by atoms with Crippen LogP contribution in [-0.4, -0.2) is 48.0 Å². The third kappa shape index (κ3) is 3.54. The number of aromatic hydroxyl groups is 1. The number of phenolic OH excluding ortho intramolecular Hbond substituents is 1. The van der Waals surface area contributed by atoms with Crippen LogP contribution in [0, 0.1) is 0 Å². The number of carbonyl (C=O) groups is 1. The van der Waals surface area contributed by atoms with Crippen molar-refractivity contribution >= 4 is 5.78 Å². The molecule has 116 valence electrons. The number of nitrogens with one attached hydrogen (secondary N) is 1. The van der Waals surface area contributed by atoms with Gasteiger partial charge in [0.25, 0.3) is 0 Å². The van der Waals surface area contributed by atoms with Gasteiger partial charge in [0.1, 0.15) is 5.75 Å². The predicted molar refractivity (Wildman–Crippen MR) is 71.3 cm³/mol. The highest BCUT2D eigenvalue weighted by Gasteiger charge is 2.33. The van der Waals surface area contributed by atoms with Crippen LogP contribution < -0.4 is 5.32 Å². The molecule has 1 aliphatic rings. The van der Waals surface area contributed by atoms with Crippen molar-refractivity contribution in [3.8, 4) is 5.75 Å². The minimum atomic E-state index is -4.54. The van der Waals surface area contributed by atoms with E-state index in [1.165, 1.54) is 0 Å². The van der Waals surface area contributed by atoms with Gasteiger partial charge >= 0.3 is 6.18 Å². The maximum absolute atomic E-state index is 12.7. The fourth-order valence-electron chi connectivity index (χ4n) is 2.37. The van der Waals surface area contributed by atoms with Crippen LogP contribution in [-0.2, 0) is 6.18 Å². The molecule has 7 heteroatoms. The third-order valence-electron chi connectivity index (χ3n) is 3.67. The van der Waals surface area contributed by atoms with Crippen LogP contribution in [0.1, 0.15) is 22.8 Å². The summed E-state index contributed by atoms with van der Waals surface area (Å²) in [4.78, 5) is 14.2. The Hall–Kier alpha value is -1.60.